The van der Waals surface area contributed by atoms with Crippen LogP contribution in [0.1, 0.15) is 30.3 Å². The lowest BCUT2D eigenvalue weighted by molar-refractivity contribution is -0.116. The van der Waals surface area contributed by atoms with Gasteiger partial charge in [-0.2, -0.15) is 5.10 Å². The van der Waals surface area contributed by atoms with Gasteiger partial charge in [-0.25, -0.2) is 9.50 Å². The van der Waals surface area contributed by atoms with Crippen LogP contribution < -0.4 is 10.6 Å². The van der Waals surface area contributed by atoms with E-state index >= 15 is 0 Å². The molecule has 2 heterocycles. The Bertz CT molecular complexity index is 1330. The molecule has 4 aromatic rings. The van der Waals surface area contributed by atoms with E-state index in [1.165, 1.54) is 6.92 Å². The van der Waals surface area contributed by atoms with Crippen molar-refractivity contribution in [1.29, 1.82) is 0 Å². The van der Waals surface area contributed by atoms with E-state index in [0.717, 1.165) is 33.5 Å². The molecule has 2 aromatic heterocycles. The zero-order chi connectivity index (χ0) is 22.1. The molecule has 0 unspecified atom stereocenters. The fraction of sp³-hybridized carbons (Fsp3) is 0.217. The molecule has 0 aliphatic heterocycles. The standard InChI is InChI=1S/C23H22ClN5O2/c1-13-17(14(2)29-23(25-13)18-6-4-5-7-20(18)28-29)9-11-22(31)27-16-8-10-21(19(24)12-16)26-15(3)30/h4-8,10,12H,9,11H2,1-3H3,(H,26,30)(H,27,31). The van der Waals surface area contributed by atoms with E-state index in [9.17, 15) is 9.59 Å². The first-order valence-electron chi connectivity index (χ1n) is 9.94. The van der Waals surface area contributed by atoms with Gasteiger partial charge in [0.2, 0.25) is 11.8 Å². The number of aryl methyl sites for hydroxylation is 2. The molecular formula is C23H22ClN5O2. The van der Waals surface area contributed by atoms with Gasteiger partial charge < -0.3 is 10.6 Å². The van der Waals surface area contributed by atoms with Crippen LogP contribution in [0.2, 0.25) is 5.02 Å². The molecule has 0 atom stereocenters. The van der Waals surface area contributed by atoms with Crippen molar-refractivity contribution in [1.82, 2.24) is 14.6 Å². The second-order valence-electron chi connectivity index (χ2n) is 7.44. The number of hydrogen-bond acceptors (Lipinski definition) is 4. The number of carbonyl (C=O) groups excluding carboxylic acids is 2. The molecule has 0 aliphatic carbocycles. The van der Waals surface area contributed by atoms with Crippen molar-refractivity contribution in [2.24, 2.45) is 0 Å². The molecule has 2 N–H and O–H groups in total. The first kappa shape index (κ1) is 20.8. The summed E-state index contributed by atoms with van der Waals surface area (Å²) in [4.78, 5) is 28.5. The number of halogens is 1. The van der Waals surface area contributed by atoms with E-state index in [1.54, 1.807) is 18.2 Å². The van der Waals surface area contributed by atoms with Crippen molar-refractivity contribution >= 4 is 51.3 Å². The lowest BCUT2D eigenvalue weighted by Crippen LogP contribution is -2.14. The number of benzene rings is 2. The van der Waals surface area contributed by atoms with Crippen LogP contribution in [-0.4, -0.2) is 26.4 Å². The number of carbonyl (C=O) groups is 2. The van der Waals surface area contributed by atoms with Crippen LogP contribution in [0.5, 0.6) is 0 Å². The van der Waals surface area contributed by atoms with Gasteiger partial charge >= 0.3 is 0 Å². The summed E-state index contributed by atoms with van der Waals surface area (Å²) in [6.07, 6.45) is 0.834. The first-order valence-corrected chi connectivity index (χ1v) is 10.3. The Hall–Kier alpha value is -3.45. The van der Waals surface area contributed by atoms with Crippen LogP contribution in [0.15, 0.2) is 42.5 Å². The summed E-state index contributed by atoms with van der Waals surface area (Å²) in [7, 11) is 0. The van der Waals surface area contributed by atoms with Gasteiger partial charge in [0.25, 0.3) is 0 Å². The molecule has 2 aromatic carbocycles. The molecule has 0 bridgehead atoms. The summed E-state index contributed by atoms with van der Waals surface area (Å²) >= 11 is 6.18. The predicted octanol–water partition coefficient (Wildman–Crippen LogP) is 4.68. The minimum Gasteiger partial charge on any atom is -0.326 e. The van der Waals surface area contributed by atoms with Crippen molar-refractivity contribution in [3.63, 3.8) is 0 Å². The molecule has 8 heteroatoms. The van der Waals surface area contributed by atoms with Gasteiger partial charge in [0.15, 0.2) is 5.65 Å². The normalized spacial score (nSPS) is 11.1. The third-order valence-electron chi connectivity index (χ3n) is 5.18. The number of nitrogens with zero attached hydrogens (tertiary/aromatic N) is 3. The first-order chi connectivity index (χ1) is 14.8. The summed E-state index contributed by atoms with van der Waals surface area (Å²) in [5.41, 5.74) is 5.68. The van der Waals surface area contributed by atoms with E-state index in [-0.39, 0.29) is 11.8 Å². The number of fused-ring (bicyclic) bond motifs is 3. The second kappa shape index (κ2) is 8.35. The number of hydrogen-bond donors (Lipinski definition) is 2. The van der Waals surface area contributed by atoms with Crippen LogP contribution in [-0.2, 0) is 16.0 Å². The average molecular weight is 436 g/mol. The largest absolute Gasteiger partial charge is 0.326 e. The van der Waals surface area contributed by atoms with E-state index in [0.29, 0.717) is 29.2 Å². The Labute approximate surface area is 184 Å². The molecule has 0 aliphatic rings. The minimum atomic E-state index is -0.208. The molecule has 31 heavy (non-hydrogen) atoms. The van der Waals surface area contributed by atoms with Crippen molar-refractivity contribution in [3.05, 3.63) is 64.4 Å². The molecule has 4 rings (SSSR count). The Balaban J connectivity index is 1.50. The maximum Gasteiger partial charge on any atom is 0.224 e. The Morgan fingerprint density at radius 1 is 1.10 bits per heavy atom. The lowest BCUT2D eigenvalue weighted by Gasteiger charge is -2.12. The number of amides is 2. The van der Waals surface area contributed by atoms with Crippen molar-refractivity contribution in [3.8, 4) is 0 Å². The van der Waals surface area contributed by atoms with Gasteiger partial charge in [0.05, 0.1) is 16.2 Å². The van der Waals surface area contributed by atoms with Crippen LogP contribution in [0.4, 0.5) is 11.4 Å². The summed E-state index contributed by atoms with van der Waals surface area (Å²) < 4.78 is 1.85. The van der Waals surface area contributed by atoms with E-state index in [4.69, 9.17) is 16.6 Å². The second-order valence-corrected chi connectivity index (χ2v) is 7.84. The van der Waals surface area contributed by atoms with Crippen LogP contribution >= 0.6 is 11.6 Å². The highest BCUT2D eigenvalue weighted by Crippen LogP contribution is 2.26. The molecule has 7 nitrogen and oxygen atoms in total. The molecule has 158 valence electrons. The zero-order valence-corrected chi connectivity index (χ0v) is 18.2. The fourth-order valence-electron chi connectivity index (χ4n) is 3.68. The average Bonchev–Trinajstić information content (AvgIpc) is 3.08. The van der Waals surface area contributed by atoms with E-state index < -0.39 is 0 Å². The van der Waals surface area contributed by atoms with E-state index in [2.05, 4.69) is 15.7 Å². The van der Waals surface area contributed by atoms with Crippen molar-refractivity contribution in [2.75, 3.05) is 10.6 Å². The Morgan fingerprint density at radius 3 is 2.61 bits per heavy atom. The topological polar surface area (TPSA) is 88.4 Å². The quantitative estimate of drug-likeness (QED) is 0.476. The van der Waals surface area contributed by atoms with Crippen LogP contribution in [0, 0.1) is 13.8 Å². The summed E-state index contributed by atoms with van der Waals surface area (Å²) in [5, 5.41) is 11.5. The van der Waals surface area contributed by atoms with E-state index in [1.807, 2.05) is 42.6 Å². The highest BCUT2D eigenvalue weighted by atomic mass is 35.5. The smallest absolute Gasteiger partial charge is 0.224 e. The third kappa shape index (κ3) is 4.22. The fourth-order valence-corrected chi connectivity index (χ4v) is 3.91. The van der Waals surface area contributed by atoms with Crippen molar-refractivity contribution in [2.45, 2.75) is 33.6 Å². The monoisotopic (exact) mass is 435 g/mol. The zero-order valence-electron chi connectivity index (χ0n) is 17.5. The van der Waals surface area contributed by atoms with Gasteiger partial charge in [0, 0.05) is 35.8 Å². The number of nitrogens with one attached hydrogen (secondary N) is 2. The number of anilines is 2. The summed E-state index contributed by atoms with van der Waals surface area (Å²) in [6, 6.07) is 12.9. The Morgan fingerprint density at radius 2 is 1.87 bits per heavy atom. The van der Waals surface area contributed by atoms with Gasteiger partial charge in [-0.15, -0.1) is 0 Å². The lowest BCUT2D eigenvalue weighted by atomic mass is 10.1. The molecule has 0 radical (unpaired) electrons. The van der Waals surface area contributed by atoms with Gasteiger partial charge in [-0.05, 0) is 56.2 Å². The number of rotatable bonds is 5. The highest BCUT2D eigenvalue weighted by molar-refractivity contribution is 6.34. The highest BCUT2D eigenvalue weighted by Gasteiger charge is 2.15. The molecule has 0 saturated carbocycles. The Kier molecular flexibility index (Phi) is 5.61. The minimum absolute atomic E-state index is 0.132. The maximum atomic E-state index is 12.5. The maximum absolute atomic E-state index is 12.5. The molecule has 0 fully saturated rings. The molecule has 2 amide bonds. The summed E-state index contributed by atoms with van der Waals surface area (Å²) in [5.74, 6) is -0.340. The number of aromatic nitrogens is 3. The third-order valence-corrected chi connectivity index (χ3v) is 5.50. The molecular weight excluding hydrogens is 414 g/mol. The SMILES string of the molecule is CC(=O)Nc1ccc(NC(=O)CCc2c(C)nc3c4ccccc4nn3c2C)cc1Cl. The van der Waals surface area contributed by atoms with Gasteiger partial charge in [0.1, 0.15) is 0 Å². The predicted molar refractivity (Wildman–Crippen MR) is 123 cm³/mol. The molecule has 0 spiro atoms. The van der Waals surface area contributed by atoms with Crippen molar-refractivity contribution < 1.29 is 9.59 Å². The summed E-state index contributed by atoms with van der Waals surface area (Å²) in [6.45, 7) is 5.37. The van der Waals surface area contributed by atoms with Crippen LogP contribution in [0.3, 0.4) is 0 Å². The molecule has 0 saturated heterocycles. The van der Waals surface area contributed by atoms with Gasteiger partial charge in [-0.3, -0.25) is 9.59 Å². The van der Waals surface area contributed by atoms with Crippen LogP contribution in [0.25, 0.3) is 16.6 Å². The van der Waals surface area contributed by atoms with Gasteiger partial charge in [-0.1, -0.05) is 23.7 Å².